The van der Waals surface area contributed by atoms with Crippen LogP contribution in [-0.4, -0.2) is 32.8 Å². The van der Waals surface area contributed by atoms with Crippen molar-refractivity contribution in [2.75, 3.05) is 26.9 Å². The van der Waals surface area contributed by atoms with Crippen molar-refractivity contribution in [1.29, 1.82) is 0 Å². The Morgan fingerprint density at radius 2 is 1.71 bits per heavy atom. The summed E-state index contributed by atoms with van der Waals surface area (Å²) >= 11 is 0. The molecule has 0 bridgehead atoms. The third-order valence-corrected chi connectivity index (χ3v) is 5.75. The second-order valence-electron chi connectivity index (χ2n) is 7.37. The number of rotatable bonds is 5. The van der Waals surface area contributed by atoms with E-state index in [4.69, 9.17) is 9.47 Å². The van der Waals surface area contributed by atoms with Gasteiger partial charge in [0.1, 0.15) is 5.75 Å². The maximum absolute atomic E-state index is 12.8. The van der Waals surface area contributed by atoms with Gasteiger partial charge in [0, 0.05) is 30.7 Å². The molecule has 1 amide bonds. The first-order valence-electron chi connectivity index (χ1n) is 9.69. The molecule has 1 N–H and O–H groups in total. The molecular formula is C24H25NO3. The van der Waals surface area contributed by atoms with Crippen LogP contribution in [-0.2, 0) is 10.2 Å². The molecular weight excluding hydrogens is 350 g/mol. The molecule has 3 aromatic carbocycles. The number of carbonyl (C=O) groups excluding carboxylic acids is 1. The van der Waals surface area contributed by atoms with Gasteiger partial charge in [0.2, 0.25) is 0 Å². The first-order valence-corrected chi connectivity index (χ1v) is 9.69. The Balaban J connectivity index is 1.54. The normalized spacial score (nSPS) is 15.9. The summed E-state index contributed by atoms with van der Waals surface area (Å²) in [5.74, 6) is 0.802. The van der Waals surface area contributed by atoms with Gasteiger partial charge in [0.05, 0.1) is 7.11 Å². The lowest BCUT2D eigenvalue weighted by Crippen LogP contribution is -2.44. The van der Waals surface area contributed by atoms with Gasteiger partial charge in [-0.1, -0.05) is 42.5 Å². The van der Waals surface area contributed by atoms with E-state index in [1.54, 1.807) is 7.11 Å². The molecule has 4 rings (SSSR count). The van der Waals surface area contributed by atoms with Crippen LogP contribution in [0.5, 0.6) is 5.75 Å². The summed E-state index contributed by atoms with van der Waals surface area (Å²) in [6.07, 6.45) is 1.77. The van der Waals surface area contributed by atoms with Crippen LogP contribution in [0.2, 0.25) is 0 Å². The van der Waals surface area contributed by atoms with Gasteiger partial charge < -0.3 is 14.8 Å². The van der Waals surface area contributed by atoms with Crippen LogP contribution in [0.4, 0.5) is 0 Å². The minimum Gasteiger partial charge on any atom is -0.497 e. The topological polar surface area (TPSA) is 47.6 Å². The SMILES string of the molecule is COc1ccc(C2(CNC(=O)c3ccc4ccccc4c3)CCOCC2)cc1. The number of benzene rings is 3. The van der Waals surface area contributed by atoms with E-state index in [-0.39, 0.29) is 11.3 Å². The fourth-order valence-corrected chi connectivity index (χ4v) is 3.96. The number of ether oxygens (including phenoxy) is 2. The third-order valence-electron chi connectivity index (χ3n) is 5.75. The van der Waals surface area contributed by atoms with Crippen molar-refractivity contribution in [2.24, 2.45) is 0 Å². The third kappa shape index (κ3) is 3.73. The van der Waals surface area contributed by atoms with E-state index in [0.29, 0.717) is 25.3 Å². The monoisotopic (exact) mass is 375 g/mol. The maximum Gasteiger partial charge on any atom is 0.251 e. The average molecular weight is 375 g/mol. The highest BCUT2D eigenvalue weighted by molar-refractivity contribution is 5.98. The van der Waals surface area contributed by atoms with E-state index in [1.165, 1.54) is 5.56 Å². The van der Waals surface area contributed by atoms with Gasteiger partial charge in [-0.15, -0.1) is 0 Å². The van der Waals surface area contributed by atoms with Gasteiger partial charge in [-0.2, -0.15) is 0 Å². The van der Waals surface area contributed by atoms with Crippen molar-refractivity contribution in [2.45, 2.75) is 18.3 Å². The summed E-state index contributed by atoms with van der Waals surface area (Å²) in [6, 6.07) is 22.1. The van der Waals surface area contributed by atoms with Crippen molar-refractivity contribution in [1.82, 2.24) is 5.32 Å². The summed E-state index contributed by atoms with van der Waals surface area (Å²) < 4.78 is 10.9. The molecule has 3 aromatic rings. The van der Waals surface area contributed by atoms with Crippen LogP contribution in [0, 0.1) is 0 Å². The number of nitrogens with one attached hydrogen (secondary N) is 1. The fourth-order valence-electron chi connectivity index (χ4n) is 3.96. The number of hydrogen-bond donors (Lipinski definition) is 1. The summed E-state index contributed by atoms with van der Waals surface area (Å²) in [5, 5.41) is 5.39. The lowest BCUT2D eigenvalue weighted by molar-refractivity contribution is 0.0487. The first kappa shape index (κ1) is 18.5. The van der Waals surface area contributed by atoms with Crippen molar-refractivity contribution >= 4 is 16.7 Å². The minimum atomic E-state index is -0.114. The molecule has 144 valence electrons. The Morgan fingerprint density at radius 3 is 2.43 bits per heavy atom. The molecule has 0 atom stereocenters. The fraction of sp³-hybridized carbons (Fsp3) is 0.292. The van der Waals surface area contributed by atoms with Gasteiger partial charge in [0.15, 0.2) is 0 Å². The summed E-state index contributed by atoms with van der Waals surface area (Å²) in [7, 11) is 1.67. The predicted octanol–water partition coefficient (Wildman–Crippen LogP) is 4.33. The molecule has 4 nitrogen and oxygen atoms in total. The molecule has 0 aromatic heterocycles. The molecule has 1 fully saturated rings. The molecule has 1 heterocycles. The average Bonchev–Trinajstić information content (AvgIpc) is 2.78. The Kier molecular flexibility index (Phi) is 5.31. The molecule has 1 aliphatic heterocycles. The van der Waals surface area contributed by atoms with Crippen LogP contribution in [0.15, 0.2) is 66.7 Å². The minimum absolute atomic E-state index is 0.0369. The summed E-state index contributed by atoms with van der Waals surface area (Å²) in [6.45, 7) is 2.00. The molecule has 0 unspecified atom stereocenters. The molecule has 0 aliphatic carbocycles. The van der Waals surface area contributed by atoms with Crippen LogP contribution in [0.3, 0.4) is 0 Å². The molecule has 4 heteroatoms. The zero-order chi connectivity index (χ0) is 19.4. The zero-order valence-corrected chi connectivity index (χ0v) is 16.1. The van der Waals surface area contributed by atoms with Crippen molar-refractivity contribution in [3.8, 4) is 5.75 Å². The number of carbonyl (C=O) groups is 1. The van der Waals surface area contributed by atoms with E-state index in [0.717, 1.165) is 29.4 Å². The predicted molar refractivity (Wildman–Crippen MR) is 111 cm³/mol. The molecule has 0 radical (unpaired) electrons. The highest BCUT2D eigenvalue weighted by Crippen LogP contribution is 2.35. The van der Waals surface area contributed by atoms with Gasteiger partial charge in [0.25, 0.3) is 5.91 Å². The van der Waals surface area contributed by atoms with E-state index in [2.05, 4.69) is 23.5 Å². The van der Waals surface area contributed by atoms with Crippen LogP contribution < -0.4 is 10.1 Å². The van der Waals surface area contributed by atoms with Crippen LogP contribution >= 0.6 is 0 Å². The Labute approximate surface area is 165 Å². The molecule has 1 saturated heterocycles. The Hall–Kier alpha value is -2.85. The quantitative estimate of drug-likeness (QED) is 0.722. The van der Waals surface area contributed by atoms with Crippen molar-refractivity contribution in [3.05, 3.63) is 77.9 Å². The largest absolute Gasteiger partial charge is 0.497 e. The Morgan fingerprint density at radius 1 is 1.00 bits per heavy atom. The second-order valence-corrected chi connectivity index (χ2v) is 7.37. The van der Waals surface area contributed by atoms with E-state index < -0.39 is 0 Å². The van der Waals surface area contributed by atoms with Crippen LogP contribution in [0.25, 0.3) is 10.8 Å². The lowest BCUT2D eigenvalue weighted by Gasteiger charge is -2.38. The number of methoxy groups -OCH3 is 1. The molecule has 1 aliphatic rings. The van der Waals surface area contributed by atoms with Gasteiger partial charge in [-0.25, -0.2) is 0 Å². The Bertz CT molecular complexity index is 959. The van der Waals surface area contributed by atoms with Crippen molar-refractivity contribution in [3.63, 3.8) is 0 Å². The lowest BCUT2D eigenvalue weighted by atomic mass is 9.74. The van der Waals surface area contributed by atoms with Gasteiger partial charge in [-0.05, 0) is 53.4 Å². The smallest absolute Gasteiger partial charge is 0.251 e. The van der Waals surface area contributed by atoms with Crippen LogP contribution in [0.1, 0.15) is 28.8 Å². The zero-order valence-electron chi connectivity index (χ0n) is 16.1. The van der Waals surface area contributed by atoms with Gasteiger partial charge >= 0.3 is 0 Å². The highest BCUT2D eigenvalue weighted by Gasteiger charge is 2.35. The summed E-state index contributed by atoms with van der Waals surface area (Å²) in [4.78, 5) is 12.8. The molecule has 0 saturated carbocycles. The second kappa shape index (κ2) is 8.03. The molecule has 28 heavy (non-hydrogen) atoms. The van der Waals surface area contributed by atoms with Gasteiger partial charge in [-0.3, -0.25) is 4.79 Å². The highest BCUT2D eigenvalue weighted by atomic mass is 16.5. The van der Waals surface area contributed by atoms with E-state index >= 15 is 0 Å². The summed E-state index contributed by atoms with van der Waals surface area (Å²) in [5.41, 5.74) is 1.79. The van der Waals surface area contributed by atoms with Crippen molar-refractivity contribution < 1.29 is 14.3 Å². The first-order chi connectivity index (χ1) is 13.7. The van der Waals surface area contributed by atoms with E-state index in [1.807, 2.05) is 48.5 Å². The number of fused-ring (bicyclic) bond motifs is 1. The maximum atomic E-state index is 12.8. The standard InChI is InChI=1S/C24H25NO3/c1-27-22-10-8-21(9-11-22)24(12-14-28-15-13-24)17-25-23(26)20-7-6-18-4-2-3-5-19(18)16-20/h2-11,16H,12-15,17H2,1H3,(H,25,26). The number of amides is 1. The molecule has 0 spiro atoms. The number of hydrogen-bond acceptors (Lipinski definition) is 3. The van der Waals surface area contributed by atoms with E-state index in [9.17, 15) is 4.79 Å².